The molecule has 0 radical (unpaired) electrons. The maximum atomic E-state index is 2.30. The second kappa shape index (κ2) is 6.90. The van der Waals surface area contributed by atoms with Gasteiger partial charge in [-0.05, 0) is 38.5 Å². The summed E-state index contributed by atoms with van der Waals surface area (Å²) < 4.78 is 0. The molecule has 0 saturated carbocycles. The van der Waals surface area contributed by atoms with E-state index in [2.05, 4.69) is 36.5 Å². The zero-order chi connectivity index (χ0) is 8.49. The number of hydrogen-bond donors (Lipinski definition) is 0. The average molecular weight is 162 g/mol. The van der Waals surface area contributed by atoms with Crippen LogP contribution in [0.2, 0.25) is 0 Å². The summed E-state index contributed by atoms with van der Waals surface area (Å²) in [5.74, 6) is 0. The smallest absolute Gasteiger partial charge is 0.0169 e. The van der Waals surface area contributed by atoms with E-state index in [0.717, 1.165) is 12.8 Å². The van der Waals surface area contributed by atoms with E-state index in [0.29, 0.717) is 0 Å². The van der Waals surface area contributed by atoms with Crippen LogP contribution in [0.4, 0.5) is 0 Å². The summed E-state index contributed by atoms with van der Waals surface area (Å²) >= 11 is 0. The number of rotatable bonds is 0. The second-order valence-electron chi connectivity index (χ2n) is 3.17. The van der Waals surface area contributed by atoms with Gasteiger partial charge in [0.25, 0.3) is 0 Å². The second-order valence-corrected chi connectivity index (χ2v) is 3.17. The van der Waals surface area contributed by atoms with Crippen LogP contribution in [0.1, 0.15) is 38.5 Å². The Hall–Kier alpha value is -0.780. The lowest BCUT2D eigenvalue weighted by Crippen LogP contribution is -1.73. The van der Waals surface area contributed by atoms with Crippen molar-refractivity contribution in [3.8, 4) is 0 Å². The molecule has 0 unspecified atom stereocenters. The summed E-state index contributed by atoms with van der Waals surface area (Å²) in [6.07, 6.45) is 21.0. The van der Waals surface area contributed by atoms with Crippen LogP contribution in [0.3, 0.4) is 0 Å². The highest BCUT2D eigenvalue weighted by Gasteiger charge is 1.84. The topological polar surface area (TPSA) is 0 Å². The third-order valence-electron chi connectivity index (χ3n) is 2.04. The summed E-state index contributed by atoms with van der Waals surface area (Å²) in [6.45, 7) is 0. The van der Waals surface area contributed by atoms with Gasteiger partial charge in [-0.2, -0.15) is 0 Å². The largest absolute Gasteiger partial charge is 0.0882 e. The third kappa shape index (κ3) is 4.95. The van der Waals surface area contributed by atoms with Gasteiger partial charge < -0.3 is 0 Å². The Morgan fingerprint density at radius 1 is 0.500 bits per heavy atom. The first kappa shape index (κ1) is 9.31. The van der Waals surface area contributed by atoms with Gasteiger partial charge in [-0.25, -0.2) is 0 Å². The van der Waals surface area contributed by atoms with Crippen LogP contribution in [0.25, 0.3) is 0 Å². The van der Waals surface area contributed by atoms with Gasteiger partial charge in [-0.15, -0.1) is 0 Å². The highest BCUT2D eigenvalue weighted by molar-refractivity contribution is 4.97. The zero-order valence-electron chi connectivity index (χ0n) is 7.71. The van der Waals surface area contributed by atoms with Crippen LogP contribution in [0.5, 0.6) is 0 Å². The predicted octanol–water partition coefficient (Wildman–Crippen LogP) is 4.01. The van der Waals surface area contributed by atoms with E-state index in [9.17, 15) is 0 Å². The van der Waals surface area contributed by atoms with E-state index in [1.165, 1.54) is 25.7 Å². The molecule has 0 bridgehead atoms. The molecule has 0 spiro atoms. The van der Waals surface area contributed by atoms with Gasteiger partial charge in [-0.3, -0.25) is 0 Å². The van der Waals surface area contributed by atoms with Crippen molar-refractivity contribution >= 4 is 0 Å². The molecule has 1 aliphatic rings. The van der Waals surface area contributed by atoms with Crippen molar-refractivity contribution in [1.82, 2.24) is 0 Å². The predicted molar refractivity (Wildman–Crippen MR) is 55.1 cm³/mol. The molecule has 1 aliphatic carbocycles. The highest BCUT2D eigenvalue weighted by atomic mass is 13.9. The highest BCUT2D eigenvalue weighted by Crippen LogP contribution is 2.04. The van der Waals surface area contributed by atoms with Gasteiger partial charge >= 0.3 is 0 Å². The minimum Gasteiger partial charge on any atom is -0.0882 e. The van der Waals surface area contributed by atoms with Gasteiger partial charge in [0.15, 0.2) is 0 Å². The summed E-state index contributed by atoms with van der Waals surface area (Å²) in [5.41, 5.74) is 0. The summed E-state index contributed by atoms with van der Waals surface area (Å²) in [4.78, 5) is 0. The maximum Gasteiger partial charge on any atom is -0.0169 e. The molecule has 0 fully saturated rings. The summed E-state index contributed by atoms with van der Waals surface area (Å²) in [6, 6.07) is 0. The molecule has 0 amide bonds. The van der Waals surface area contributed by atoms with Crippen LogP contribution in [0, 0.1) is 0 Å². The molecule has 0 N–H and O–H groups in total. The van der Waals surface area contributed by atoms with Crippen molar-refractivity contribution in [1.29, 1.82) is 0 Å². The molecule has 12 heavy (non-hydrogen) atoms. The fourth-order valence-corrected chi connectivity index (χ4v) is 1.30. The van der Waals surface area contributed by atoms with E-state index in [4.69, 9.17) is 0 Å². The van der Waals surface area contributed by atoms with Crippen LogP contribution < -0.4 is 0 Å². The van der Waals surface area contributed by atoms with Crippen molar-refractivity contribution in [3.05, 3.63) is 36.5 Å². The molecule has 0 aromatic heterocycles. The van der Waals surface area contributed by atoms with Gasteiger partial charge in [-0.1, -0.05) is 36.5 Å². The quantitative estimate of drug-likeness (QED) is 0.472. The molecular formula is C12H18. The van der Waals surface area contributed by atoms with Crippen molar-refractivity contribution in [2.45, 2.75) is 38.5 Å². The van der Waals surface area contributed by atoms with Crippen molar-refractivity contribution in [2.24, 2.45) is 0 Å². The van der Waals surface area contributed by atoms with Gasteiger partial charge in [0, 0.05) is 0 Å². The van der Waals surface area contributed by atoms with E-state index in [-0.39, 0.29) is 0 Å². The minimum absolute atomic E-state index is 1.10. The van der Waals surface area contributed by atoms with Gasteiger partial charge in [0.2, 0.25) is 0 Å². The first-order valence-corrected chi connectivity index (χ1v) is 4.95. The Labute approximate surface area is 75.7 Å². The number of allylic oxidation sites excluding steroid dienone is 6. The Balaban J connectivity index is 2.31. The Kier molecular flexibility index (Phi) is 5.35. The molecule has 0 aromatic rings. The first-order chi connectivity index (χ1) is 6.00. The van der Waals surface area contributed by atoms with Crippen molar-refractivity contribution < 1.29 is 0 Å². The van der Waals surface area contributed by atoms with Crippen LogP contribution in [-0.4, -0.2) is 0 Å². The third-order valence-corrected chi connectivity index (χ3v) is 2.04. The molecule has 0 aliphatic heterocycles. The van der Waals surface area contributed by atoms with Crippen molar-refractivity contribution in [3.63, 3.8) is 0 Å². The Morgan fingerprint density at radius 3 is 1.42 bits per heavy atom. The van der Waals surface area contributed by atoms with Crippen LogP contribution in [0.15, 0.2) is 36.5 Å². The molecular weight excluding hydrogens is 144 g/mol. The van der Waals surface area contributed by atoms with E-state index < -0.39 is 0 Å². The lowest BCUT2D eigenvalue weighted by molar-refractivity contribution is 0.760. The lowest BCUT2D eigenvalue weighted by atomic mass is 10.1. The molecule has 0 saturated heterocycles. The van der Waals surface area contributed by atoms with Crippen molar-refractivity contribution in [2.75, 3.05) is 0 Å². The maximum absolute atomic E-state index is 2.30. The van der Waals surface area contributed by atoms with E-state index >= 15 is 0 Å². The lowest BCUT2D eigenvalue weighted by Gasteiger charge is -1.94. The van der Waals surface area contributed by atoms with Gasteiger partial charge in [0.05, 0.1) is 0 Å². The standard InChI is InChI=1S/C12H18/c1-2-4-6-8-10-12-11-9-7-5-3-1/h1-2,5-8H,3-4,9-12H2/b2-1-,7-5-,8-6-. The minimum atomic E-state index is 1.10. The number of hydrogen-bond acceptors (Lipinski definition) is 0. The Morgan fingerprint density at radius 2 is 0.917 bits per heavy atom. The molecule has 66 valence electrons. The molecule has 0 aromatic carbocycles. The first-order valence-electron chi connectivity index (χ1n) is 4.95. The molecule has 0 heteroatoms. The summed E-state index contributed by atoms with van der Waals surface area (Å²) in [7, 11) is 0. The van der Waals surface area contributed by atoms with Crippen LogP contribution >= 0.6 is 0 Å². The Bertz CT molecular complexity index is 152. The fraction of sp³-hybridized carbons (Fsp3) is 0.500. The SMILES string of the molecule is C1=C\C/C=C\CCCC/C=C\C/1. The monoisotopic (exact) mass is 162 g/mol. The molecule has 0 heterocycles. The zero-order valence-corrected chi connectivity index (χ0v) is 7.71. The van der Waals surface area contributed by atoms with E-state index in [1.807, 2.05) is 0 Å². The van der Waals surface area contributed by atoms with Crippen LogP contribution in [-0.2, 0) is 0 Å². The average Bonchev–Trinajstić information content (AvgIpc) is 2.05. The van der Waals surface area contributed by atoms with E-state index in [1.54, 1.807) is 0 Å². The molecule has 0 atom stereocenters. The molecule has 1 rings (SSSR count). The normalized spacial score (nSPS) is 28.0. The fourth-order valence-electron chi connectivity index (χ4n) is 1.30. The molecule has 0 nitrogen and oxygen atoms in total. The van der Waals surface area contributed by atoms with Gasteiger partial charge in [0.1, 0.15) is 0 Å². The summed E-state index contributed by atoms with van der Waals surface area (Å²) in [5, 5.41) is 0.